The lowest BCUT2D eigenvalue weighted by atomic mass is 9.85. The second kappa shape index (κ2) is 10.6. The smallest absolute Gasteiger partial charge is 0.352 e. The predicted octanol–water partition coefficient (Wildman–Crippen LogP) is 6.78. The molecule has 2 aromatic heterocycles. The average molecular weight is 560 g/mol. The third kappa shape index (κ3) is 5.58. The topological polar surface area (TPSA) is 96.0 Å². The quantitative estimate of drug-likeness (QED) is 0.232. The van der Waals surface area contributed by atoms with Crippen LogP contribution >= 0.6 is 23.1 Å². The van der Waals surface area contributed by atoms with Crippen LogP contribution in [0.2, 0.25) is 5.02 Å². The van der Waals surface area contributed by atoms with Crippen LogP contribution in [0.4, 0.5) is 30.4 Å². The maximum absolute atomic E-state index is 13.1. The number of fused-ring (bicyclic) bond motifs is 1. The highest BCUT2D eigenvalue weighted by atomic mass is 35.5. The Labute approximate surface area is 224 Å². The van der Waals surface area contributed by atoms with Crippen molar-refractivity contribution >= 4 is 62.4 Å². The molecule has 0 atom stereocenters. The lowest BCUT2D eigenvalue weighted by molar-refractivity contribution is -0.137. The Morgan fingerprint density at radius 2 is 1.84 bits per heavy atom. The van der Waals surface area contributed by atoms with E-state index in [2.05, 4.69) is 25.3 Å². The van der Waals surface area contributed by atoms with E-state index < -0.39 is 17.6 Å². The third-order valence-electron chi connectivity index (χ3n) is 6.30. The van der Waals surface area contributed by atoms with Gasteiger partial charge < -0.3 is 16.0 Å². The first-order chi connectivity index (χ1) is 18.2. The van der Waals surface area contributed by atoms with E-state index in [1.54, 1.807) is 24.3 Å². The van der Waals surface area contributed by atoms with Crippen LogP contribution in [0.3, 0.4) is 0 Å². The van der Waals surface area contributed by atoms with Crippen LogP contribution in [-0.4, -0.2) is 21.2 Å². The Balaban J connectivity index is 1.31. The molecule has 12 heteroatoms. The minimum absolute atomic E-state index is 0.0160. The molecule has 1 fully saturated rings. The second-order valence-corrected chi connectivity index (χ2v) is 10.1. The van der Waals surface area contributed by atoms with E-state index in [-0.39, 0.29) is 22.4 Å². The minimum atomic E-state index is -4.42. The van der Waals surface area contributed by atoms with Crippen molar-refractivity contribution in [2.75, 3.05) is 10.6 Å². The summed E-state index contributed by atoms with van der Waals surface area (Å²) in [6.07, 6.45) is -0.0531. The molecular weight excluding hydrogens is 539 g/mol. The van der Waals surface area contributed by atoms with Crippen molar-refractivity contribution in [1.82, 2.24) is 14.7 Å². The number of hydrogen-bond donors (Lipinski definition) is 3. The monoisotopic (exact) mass is 559 g/mol. The second-order valence-electron chi connectivity index (χ2n) is 8.88. The van der Waals surface area contributed by atoms with Gasteiger partial charge in [0.05, 0.1) is 26.5 Å². The summed E-state index contributed by atoms with van der Waals surface area (Å²) in [5.41, 5.74) is 1.56. The van der Waals surface area contributed by atoms with E-state index in [0.29, 0.717) is 34.0 Å². The molecule has 1 aliphatic carbocycles. The number of carbonyl (C=O) groups is 2. The summed E-state index contributed by atoms with van der Waals surface area (Å²) in [5, 5.41) is 8.98. The number of aromatic nitrogens is 2. The van der Waals surface area contributed by atoms with Crippen LogP contribution < -0.4 is 16.0 Å². The molecule has 0 aliphatic heterocycles. The molecule has 0 saturated heterocycles. The minimum Gasteiger partial charge on any atom is -0.352 e. The summed E-state index contributed by atoms with van der Waals surface area (Å²) in [7, 11) is 0. The van der Waals surface area contributed by atoms with Crippen molar-refractivity contribution in [3.8, 4) is 0 Å². The van der Waals surface area contributed by atoms with Gasteiger partial charge in [0, 0.05) is 24.3 Å². The van der Waals surface area contributed by atoms with Crippen molar-refractivity contribution < 1.29 is 22.8 Å². The zero-order valence-corrected chi connectivity index (χ0v) is 21.3. The van der Waals surface area contributed by atoms with Crippen molar-refractivity contribution in [1.29, 1.82) is 0 Å². The van der Waals surface area contributed by atoms with Crippen LogP contribution in [0.1, 0.15) is 40.7 Å². The van der Waals surface area contributed by atoms with Gasteiger partial charge in [0.15, 0.2) is 5.82 Å². The summed E-state index contributed by atoms with van der Waals surface area (Å²) < 4.78 is 43.4. The van der Waals surface area contributed by atoms with Crippen molar-refractivity contribution in [3.63, 3.8) is 0 Å². The maximum Gasteiger partial charge on any atom is 0.416 e. The molecule has 0 bridgehead atoms. The first-order valence-corrected chi connectivity index (χ1v) is 12.9. The van der Waals surface area contributed by atoms with Crippen LogP contribution in [0.5, 0.6) is 0 Å². The van der Waals surface area contributed by atoms with Gasteiger partial charge in [-0.15, -0.1) is 0 Å². The highest BCUT2D eigenvalue weighted by Gasteiger charge is 2.30. The van der Waals surface area contributed by atoms with E-state index in [1.165, 1.54) is 18.3 Å². The van der Waals surface area contributed by atoms with Crippen molar-refractivity contribution in [3.05, 3.63) is 76.4 Å². The Kier molecular flexibility index (Phi) is 7.22. The molecule has 0 unspecified atom stereocenters. The first-order valence-electron chi connectivity index (χ1n) is 11.7. The lowest BCUT2D eigenvalue weighted by Gasteiger charge is -2.24. The molecule has 2 amide bonds. The average Bonchev–Trinajstić information content (AvgIpc) is 3.26. The van der Waals surface area contributed by atoms with E-state index in [4.69, 9.17) is 11.6 Å². The van der Waals surface area contributed by atoms with Crippen LogP contribution in [0, 0.1) is 5.92 Å². The van der Waals surface area contributed by atoms with Crippen LogP contribution in [0.25, 0.3) is 10.2 Å². The summed E-state index contributed by atoms with van der Waals surface area (Å²) in [6, 6.07) is 11.2. The standard InChI is InChI=1S/C26H21ClF3N5O2S/c27-19-9-4-14(13-32-24(36)15-2-1-3-15)12-18(19)25(37)34-20-10-11-31-21-22(20)38-35-23(21)33-17-7-5-16(6-8-17)26(28,29)30/h4-12,15H,1-3,13H2,(H,32,36)(H,33,35)(H,31,34,37). The Bertz CT molecular complexity index is 1500. The number of nitrogens with one attached hydrogen (secondary N) is 3. The van der Waals surface area contributed by atoms with Crippen molar-refractivity contribution in [2.45, 2.75) is 32.0 Å². The summed E-state index contributed by atoms with van der Waals surface area (Å²) in [5.74, 6) is -0.0112. The molecule has 1 aliphatic rings. The number of nitrogens with zero attached hydrogens (tertiary/aromatic N) is 2. The Hall–Kier alpha value is -3.70. The van der Waals surface area contributed by atoms with Gasteiger partial charge in [-0.1, -0.05) is 24.1 Å². The van der Waals surface area contributed by atoms with Gasteiger partial charge in [-0.2, -0.15) is 17.5 Å². The number of amides is 2. The van der Waals surface area contributed by atoms with Gasteiger partial charge in [-0.25, -0.2) is 0 Å². The van der Waals surface area contributed by atoms with Gasteiger partial charge in [0.1, 0.15) is 5.52 Å². The Morgan fingerprint density at radius 3 is 2.53 bits per heavy atom. The number of carbonyl (C=O) groups excluding carboxylic acids is 2. The van der Waals surface area contributed by atoms with Crippen LogP contribution in [0.15, 0.2) is 54.7 Å². The fraction of sp³-hybridized carbons (Fsp3) is 0.231. The molecule has 0 spiro atoms. The van der Waals surface area contributed by atoms with Gasteiger partial charge >= 0.3 is 6.18 Å². The zero-order valence-electron chi connectivity index (χ0n) is 19.7. The van der Waals surface area contributed by atoms with Gasteiger partial charge in [-0.05, 0) is 72.4 Å². The highest BCUT2D eigenvalue weighted by Crippen LogP contribution is 2.34. The predicted molar refractivity (Wildman–Crippen MR) is 141 cm³/mol. The molecule has 38 heavy (non-hydrogen) atoms. The highest BCUT2D eigenvalue weighted by molar-refractivity contribution is 7.14. The zero-order chi connectivity index (χ0) is 26.9. The van der Waals surface area contributed by atoms with E-state index >= 15 is 0 Å². The van der Waals surface area contributed by atoms with Crippen molar-refractivity contribution in [2.24, 2.45) is 5.92 Å². The number of halogens is 4. The fourth-order valence-electron chi connectivity index (χ4n) is 3.95. The normalized spacial score (nSPS) is 13.7. The number of pyridine rings is 1. The molecule has 4 aromatic rings. The molecule has 196 valence electrons. The molecule has 2 aromatic carbocycles. The first kappa shape index (κ1) is 25.9. The van der Waals surface area contributed by atoms with E-state index in [9.17, 15) is 22.8 Å². The SMILES string of the molecule is O=C(Nc1ccnc2c(Nc3ccc(C(F)(F)F)cc3)nsc12)c1cc(CNC(=O)C2CCC2)ccc1Cl. The number of rotatable bonds is 7. The number of alkyl halides is 3. The molecule has 3 N–H and O–H groups in total. The number of benzene rings is 2. The molecule has 2 heterocycles. The Morgan fingerprint density at radius 1 is 1.08 bits per heavy atom. The summed E-state index contributed by atoms with van der Waals surface area (Å²) >= 11 is 7.39. The number of hydrogen-bond acceptors (Lipinski definition) is 6. The maximum atomic E-state index is 13.1. The molecular formula is C26H21ClF3N5O2S. The van der Waals surface area contributed by atoms with E-state index in [0.717, 1.165) is 48.5 Å². The third-order valence-corrected chi connectivity index (χ3v) is 7.50. The fourth-order valence-corrected chi connectivity index (χ4v) is 4.92. The molecule has 0 radical (unpaired) electrons. The number of anilines is 3. The summed E-state index contributed by atoms with van der Waals surface area (Å²) in [6.45, 7) is 0.292. The van der Waals surface area contributed by atoms with Gasteiger partial charge in [0.2, 0.25) is 5.91 Å². The van der Waals surface area contributed by atoms with Gasteiger partial charge in [-0.3, -0.25) is 14.6 Å². The van der Waals surface area contributed by atoms with Gasteiger partial charge in [0.25, 0.3) is 5.91 Å². The summed E-state index contributed by atoms with van der Waals surface area (Å²) in [4.78, 5) is 29.6. The molecule has 5 rings (SSSR count). The largest absolute Gasteiger partial charge is 0.416 e. The van der Waals surface area contributed by atoms with E-state index in [1.807, 2.05) is 0 Å². The van der Waals surface area contributed by atoms with Crippen LogP contribution in [-0.2, 0) is 17.5 Å². The molecule has 7 nitrogen and oxygen atoms in total. The lowest BCUT2D eigenvalue weighted by Crippen LogP contribution is -2.34. The molecule has 1 saturated carbocycles.